The van der Waals surface area contributed by atoms with Crippen molar-refractivity contribution in [3.63, 3.8) is 0 Å². The molecular weight excluding hydrogens is 285 g/mol. The maximum atomic E-state index is 14.2. The van der Waals surface area contributed by atoms with E-state index in [1.165, 1.54) is 11.8 Å². The third-order valence-corrected chi connectivity index (χ3v) is 4.02. The Kier molecular flexibility index (Phi) is 5.65. The van der Waals surface area contributed by atoms with Crippen molar-refractivity contribution in [2.75, 3.05) is 7.11 Å². The molecule has 0 fully saturated rings. The van der Waals surface area contributed by atoms with Gasteiger partial charge in [0.2, 0.25) is 0 Å². The first-order chi connectivity index (χ1) is 10.1. The predicted octanol–water partition coefficient (Wildman–Crippen LogP) is 4.48. The average Bonchev–Trinajstić information content (AvgIpc) is 2.48. The van der Waals surface area contributed by atoms with E-state index in [1.807, 2.05) is 36.4 Å². The Labute approximate surface area is 129 Å². The Morgan fingerprint density at radius 2 is 2.00 bits per heavy atom. The van der Waals surface area contributed by atoms with E-state index in [-0.39, 0.29) is 5.82 Å². The van der Waals surface area contributed by atoms with Crippen molar-refractivity contribution in [2.24, 2.45) is 0 Å². The van der Waals surface area contributed by atoms with E-state index in [4.69, 9.17) is 4.74 Å². The van der Waals surface area contributed by atoms with Gasteiger partial charge in [-0.2, -0.15) is 0 Å². The normalized spacial score (nSPS) is 10.9. The van der Waals surface area contributed by atoms with Crippen molar-refractivity contribution in [2.45, 2.75) is 36.2 Å². The van der Waals surface area contributed by atoms with Gasteiger partial charge < -0.3 is 10.1 Å². The number of ether oxygens (including phenoxy) is 1. The summed E-state index contributed by atoms with van der Waals surface area (Å²) in [7, 11) is 1.63. The van der Waals surface area contributed by atoms with Crippen LogP contribution in [-0.4, -0.2) is 13.2 Å². The molecule has 2 nitrogen and oxygen atoms in total. The minimum atomic E-state index is -0.189. The molecule has 21 heavy (non-hydrogen) atoms. The van der Waals surface area contributed by atoms with Gasteiger partial charge in [0.1, 0.15) is 11.6 Å². The summed E-state index contributed by atoms with van der Waals surface area (Å²) in [5.41, 5.74) is 0.955. The first kappa shape index (κ1) is 15.9. The molecule has 0 aromatic heterocycles. The summed E-state index contributed by atoms with van der Waals surface area (Å²) in [5.74, 6) is 0.587. The molecule has 0 amide bonds. The van der Waals surface area contributed by atoms with Crippen LogP contribution in [0.4, 0.5) is 4.39 Å². The van der Waals surface area contributed by atoms with Gasteiger partial charge in [-0.3, -0.25) is 0 Å². The van der Waals surface area contributed by atoms with Gasteiger partial charge in [0.05, 0.1) is 7.11 Å². The van der Waals surface area contributed by atoms with Crippen LogP contribution in [0.25, 0.3) is 0 Å². The number of methoxy groups -OCH3 is 1. The minimum absolute atomic E-state index is 0.189. The quantitative estimate of drug-likeness (QED) is 0.850. The first-order valence-corrected chi connectivity index (χ1v) is 7.74. The molecule has 4 heteroatoms. The van der Waals surface area contributed by atoms with E-state index in [0.29, 0.717) is 17.5 Å². The number of hydrogen-bond acceptors (Lipinski definition) is 3. The van der Waals surface area contributed by atoms with E-state index >= 15 is 0 Å². The van der Waals surface area contributed by atoms with Crippen LogP contribution in [0.5, 0.6) is 5.75 Å². The van der Waals surface area contributed by atoms with Gasteiger partial charge in [0.15, 0.2) is 0 Å². The van der Waals surface area contributed by atoms with Crippen molar-refractivity contribution < 1.29 is 9.13 Å². The molecule has 0 bridgehead atoms. The second kappa shape index (κ2) is 7.48. The third kappa shape index (κ3) is 4.76. The largest absolute Gasteiger partial charge is 0.497 e. The van der Waals surface area contributed by atoms with Gasteiger partial charge in [-0.1, -0.05) is 37.7 Å². The number of nitrogens with one attached hydrogen (secondary N) is 1. The summed E-state index contributed by atoms with van der Waals surface area (Å²) >= 11 is 1.40. The number of halogens is 1. The fraction of sp³-hybridized carbons (Fsp3) is 0.294. The standard InChI is InChI=1S/C17H20FNOS/c1-12(2)19-11-13-7-8-17(16(18)9-13)21-15-6-4-5-14(10-15)20-3/h4-10,12,19H,11H2,1-3H3. The molecule has 0 aliphatic rings. The van der Waals surface area contributed by atoms with Gasteiger partial charge >= 0.3 is 0 Å². The molecule has 0 aliphatic carbocycles. The highest BCUT2D eigenvalue weighted by Gasteiger charge is 2.07. The zero-order valence-electron chi connectivity index (χ0n) is 12.5. The fourth-order valence-electron chi connectivity index (χ4n) is 1.85. The first-order valence-electron chi connectivity index (χ1n) is 6.92. The molecule has 0 spiro atoms. The van der Waals surface area contributed by atoms with Crippen molar-refractivity contribution in [1.29, 1.82) is 0 Å². The highest BCUT2D eigenvalue weighted by atomic mass is 32.2. The lowest BCUT2D eigenvalue weighted by molar-refractivity contribution is 0.413. The number of benzene rings is 2. The van der Waals surface area contributed by atoms with Crippen LogP contribution in [0.3, 0.4) is 0 Å². The van der Waals surface area contributed by atoms with Crippen molar-refractivity contribution in [3.8, 4) is 5.75 Å². The molecule has 0 unspecified atom stereocenters. The third-order valence-electron chi connectivity index (χ3n) is 2.98. The van der Waals surface area contributed by atoms with Crippen LogP contribution < -0.4 is 10.1 Å². The summed E-state index contributed by atoms with van der Waals surface area (Å²) in [6, 6.07) is 13.4. The topological polar surface area (TPSA) is 21.3 Å². The summed E-state index contributed by atoms with van der Waals surface area (Å²) in [6.07, 6.45) is 0. The summed E-state index contributed by atoms with van der Waals surface area (Å²) in [6.45, 7) is 4.82. The van der Waals surface area contributed by atoms with E-state index in [0.717, 1.165) is 16.2 Å². The van der Waals surface area contributed by atoms with Gasteiger partial charge in [0.25, 0.3) is 0 Å². The van der Waals surface area contributed by atoms with Gasteiger partial charge in [0, 0.05) is 22.4 Å². The average molecular weight is 305 g/mol. The Balaban J connectivity index is 2.09. The number of hydrogen-bond donors (Lipinski definition) is 1. The van der Waals surface area contributed by atoms with Gasteiger partial charge in [-0.15, -0.1) is 0 Å². The Morgan fingerprint density at radius 1 is 1.19 bits per heavy atom. The van der Waals surface area contributed by atoms with Gasteiger partial charge in [-0.25, -0.2) is 4.39 Å². The Bertz CT molecular complexity index is 601. The summed E-state index contributed by atoms with van der Waals surface area (Å²) in [4.78, 5) is 1.58. The van der Waals surface area contributed by atoms with Crippen LogP contribution in [0.15, 0.2) is 52.3 Å². The van der Waals surface area contributed by atoms with Crippen LogP contribution in [-0.2, 0) is 6.54 Å². The second-order valence-corrected chi connectivity index (χ2v) is 6.20. The zero-order valence-corrected chi connectivity index (χ0v) is 13.3. The molecule has 0 heterocycles. The molecule has 0 saturated heterocycles. The smallest absolute Gasteiger partial charge is 0.137 e. The Morgan fingerprint density at radius 3 is 2.67 bits per heavy atom. The van der Waals surface area contributed by atoms with E-state index in [2.05, 4.69) is 19.2 Å². The lowest BCUT2D eigenvalue weighted by atomic mass is 10.2. The van der Waals surface area contributed by atoms with Crippen molar-refractivity contribution >= 4 is 11.8 Å². The van der Waals surface area contributed by atoms with Crippen molar-refractivity contribution in [3.05, 3.63) is 53.8 Å². The molecule has 0 atom stereocenters. The predicted molar refractivity (Wildman–Crippen MR) is 85.5 cm³/mol. The molecule has 2 aromatic rings. The molecule has 2 rings (SSSR count). The van der Waals surface area contributed by atoms with Crippen LogP contribution in [0, 0.1) is 5.82 Å². The number of rotatable bonds is 6. The fourth-order valence-corrected chi connectivity index (χ4v) is 2.72. The maximum Gasteiger partial charge on any atom is 0.137 e. The van der Waals surface area contributed by atoms with Crippen LogP contribution in [0.2, 0.25) is 0 Å². The molecule has 0 aliphatic heterocycles. The SMILES string of the molecule is COc1cccc(Sc2ccc(CNC(C)C)cc2F)c1. The van der Waals surface area contributed by atoms with E-state index in [1.54, 1.807) is 13.2 Å². The summed E-state index contributed by atoms with van der Waals surface area (Å²) in [5, 5.41) is 3.28. The minimum Gasteiger partial charge on any atom is -0.497 e. The molecule has 112 valence electrons. The molecular formula is C17H20FNOS. The van der Waals surface area contributed by atoms with Crippen molar-refractivity contribution in [1.82, 2.24) is 5.32 Å². The highest BCUT2D eigenvalue weighted by Crippen LogP contribution is 2.32. The molecule has 1 N–H and O–H groups in total. The van der Waals surface area contributed by atoms with E-state index < -0.39 is 0 Å². The lowest BCUT2D eigenvalue weighted by Gasteiger charge is -2.10. The Hall–Kier alpha value is -1.52. The van der Waals surface area contributed by atoms with E-state index in [9.17, 15) is 4.39 Å². The highest BCUT2D eigenvalue weighted by molar-refractivity contribution is 7.99. The van der Waals surface area contributed by atoms with Crippen LogP contribution in [0.1, 0.15) is 19.4 Å². The molecule has 0 saturated carbocycles. The lowest BCUT2D eigenvalue weighted by Crippen LogP contribution is -2.21. The maximum absolute atomic E-state index is 14.2. The monoisotopic (exact) mass is 305 g/mol. The second-order valence-electron chi connectivity index (χ2n) is 5.08. The molecule has 2 aromatic carbocycles. The zero-order chi connectivity index (χ0) is 15.2. The van der Waals surface area contributed by atoms with Crippen LogP contribution >= 0.6 is 11.8 Å². The molecule has 0 radical (unpaired) electrons. The van der Waals surface area contributed by atoms with Gasteiger partial charge in [-0.05, 0) is 35.9 Å². The summed E-state index contributed by atoms with van der Waals surface area (Å²) < 4.78 is 19.3.